The number of nitrogens with two attached hydrogens (primary N) is 1. The lowest BCUT2D eigenvalue weighted by Gasteiger charge is -2.15. The first-order chi connectivity index (χ1) is 12.7. The molecule has 0 fully saturated rings. The molecule has 2 aromatic heterocycles. The fourth-order valence-electron chi connectivity index (χ4n) is 2.49. The van der Waals surface area contributed by atoms with Crippen LogP contribution in [0.4, 0.5) is 19.0 Å². The number of fused-ring (bicyclic) bond motifs is 1. The summed E-state index contributed by atoms with van der Waals surface area (Å²) in [6, 6.07) is 5.67. The minimum atomic E-state index is -3.53. The second-order valence-electron chi connectivity index (χ2n) is 6.09. The summed E-state index contributed by atoms with van der Waals surface area (Å²) >= 11 is 1.24. The Balaban J connectivity index is 2.16. The average Bonchev–Trinajstić information content (AvgIpc) is 2.95. The number of aliphatic imine (C=N–C) groups is 1. The maximum absolute atomic E-state index is 14.9. The molecule has 140 valence electrons. The number of thiophene rings is 1. The topological polar surface area (TPSA) is 88.0 Å². The highest BCUT2D eigenvalue weighted by Crippen LogP contribution is 2.38. The number of hydrogen-bond acceptors (Lipinski definition) is 5. The standard InChI is InChI=1S/C18H16F3N5S/c1-9(22)7-14(23)24-15-13-8-10(2)27-16(13)26-17(25-15)18(20,21)11-3-5-12(19)6-4-11/h3-6,8,22H,7H2,1-2H3,(H2,23,24,25,26). The van der Waals surface area contributed by atoms with Crippen molar-refractivity contribution in [1.29, 1.82) is 5.41 Å². The first-order valence-electron chi connectivity index (χ1n) is 7.96. The van der Waals surface area contributed by atoms with E-state index in [0.717, 1.165) is 29.1 Å². The van der Waals surface area contributed by atoms with Gasteiger partial charge in [0.25, 0.3) is 0 Å². The second-order valence-corrected chi connectivity index (χ2v) is 7.32. The van der Waals surface area contributed by atoms with Gasteiger partial charge in [-0.2, -0.15) is 8.78 Å². The van der Waals surface area contributed by atoms with E-state index in [0.29, 0.717) is 15.9 Å². The van der Waals surface area contributed by atoms with Crippen LogP contribution < -0.4 is 5.73 Å². The van der Waals surface area contributed by atoms with Gasteiger partial charge in [0.1, 0.15) is 16.5 Å². The van der Waals surface area contributed by atoms with Crippen LogP contribution in [0.5, 0.6) is 0 Å². The number of rotatable bonds is 5. The van der Waals surface area contributed by atoms with Gasteiger partial charge in [-0.1, -0.05) is 0 Å². The Morgan fingerprint density at radius 3 is 2.56 bits per heavy atom. The molecular formula is C18H16F3N5S. The summed E-state index contributed by atoms with van der Waals surface area (Å²) in [6.07, 6.45) is 0.109. The van der Waals surface area contributed by atoms with Crippen molar-refractivity contribution >= 4 is 38.9 Å². The predicted octanol–water partition coefficient (Wildman–Crippen LogP) is 4.70. The summed E-state index contributed by atoms with van der Waals surface area (Å²) in [6.45, 7) is 3.39. The van der Waals surface area contributed by atoms with E-state index in [2.05, 4.69) is 15.0 Å². The molecule has 0 amide bonds. The first-order valence-corrected chi connectivity index (χ1v) is 8.78. The Morgan fingerprint density at radius 1 is 1.26 bits per heavy atom. The zero-order valence-corrected chi connectivity index (χ0v) is 15.4. The van der Waals surface area contributed by atoms with Crippen molar-refractivity contribution in [3.63, 3.8) is 0 Å². The van der Waals surface area contributed by atoms with Crippen LogP contribution in [0.15, 0.2) is 35.3 Å². The van der Waals surface area contributed by atoms with Gasteiger partial charge < -0.3 is 11.1 Å². The van der Waals surface area contributed by atoms with Crippen LogP contribution in [0.2, 0.25) is 0 Å². The maximum atomic E-state index is 14.9. The molecule has 0 radical (unpaired) electrons. The number of amidine groups is 1. The Morgan fingerprint density at radius 2 is 1.93 bits per heavy atom. The molecule has 0 spiro atoms. The number of alkyl halides is 2. The molecule has 27 heavy (non-hydrogen) atoms. The van der Waals surface area contributed by atoms with Gasteiger partial charge in [-0.15, -0.1) is 11.3 Å². The van der Waals surface area contributed by atoms with Gasteiger partial charge in [0, 0.05) is 22.6 Å². The number of hydrogen-bond donors (Lipinski definition) is 2. The third-order valence-corrected chi connectivity index (χ3v) is 4.62. The number of halogens is 3. The number of aromatic nitrogens is 2. The van der Waals surface area contributed by atoms with Gasteiger partial charge >= 0.3 is 5.92 Å². The highest BCUT2D eigenvalue weighted by atomic mass is 32.1. The third-order valence-electron chi connectivity index (χ3n) is 3.68. The van der Waals surface area contributed by atoms with E-state index < -0.39 is 23.1 Å². The van der Waals surface area contributed by atoms with Crippen LogP contribution in [0, 0.1) is 18.2 Å². The zero-order chi connectivity index (χ0) is 19.8. The van der Waals surface area contributed by atoms with E-state index in [1.807, 2.05) is 6.92 Å². The Bertz CT molecular complexity index is 1040. The van der Waals surface area contributed by atoms with Crippen molar-refractivity contribution in [3.05, 3.63) is 52.4 Å². The lowest BCUT2D eigenvalue weighted by Crippen LogP contribution is -2.19. The van der Waals surface area contributed by atoms with E-state index in [9.17, 15) is 13.2 Å². The Labute approximate surface area is 157 Å². The number of nitrogens with one attached hydrogen (secondary N) is 1. The smallest absolute Gasteiger partial charge is 0.331 e. The van der Waals surface area contributed by atoms with Crippen molar-refractivity contribution in [3.8, 4) is 0 Å². The summed E-state index contributed by atoms with van der Waals surface area (Å²) in [5.41, 5.74) is 5.68. The second kappa shape index (κ2) is 7.07. The zero-order valence-electron chi connectivity index (χ0n) is 14.6. The summed E-state index contributed by atoms with van der Waals surface area (Å²) in [5.74, 6) is -4.75. The molecule has 3 rings (SSSR count). The summed E-state index contributed by atoms with van der Waals surface area (Å²) in [7, 11) is 0. The maximum Gasteiger partial charge on any atom is 0.331 e. The Hall–Kier alpha value is -2.81. The molecule has 9 heteroatoms. The third kappa shape index (κ3) is 3.97. The normalized spacial score (nSPS) is 12.6. The molecule has 0 saturated heterocycles. The van der Waals surface area contributed by atoms with Gasteiger partial charge in [0.05, 0.1) is 5.39 Å². The minimum absolute atomic E-state index is 0.0277. The monoisotopic (exact) mass is 391 g/mol. The summed E-state index contributed by atoms with van der Waals surface area (Å²) in [4.78, 5) is 13.3. The Kier molecular flexibility index (Phi) is 4.97. The molecule has 0 aliphatic rings. The SMILES string of the molecule is CC(=N)CC(N)=Nc1nc(C(F)(F)c2ccc(F)cc2)nc2sc(C)cc12. The molecule has 1 aromatic carbocycles. The van der Waals surface area contributed by atoms with E-state index in [4.69, 9.17) is 11.1 Å². The number of benzene rings is 1. The molecule has 0 unspecified atom stereocenters. The van der Waals surface area contributed by atoms with Gasteiger partial charge in [-0.05, 0) is 44.2 Å². The van der Waals surface area contributed by atoms with Crippen LogP contribution in [0.25, 0.3) is 10.2 Å². The molecule has 0 aliphatic heterocycles. The average molecular weight is 391 g/mol. The summed E-state index contributed by atoms with van der Waals surface area (Å²) in [5, 5.41) is 8.00. The van der Waals surface area contributed by atoms with Gasteiger partial charge in [-0.25, -0.2) is 19.4 Å². The lowest BCUT2D eigenvalue weighted by molar-refractivity contribution is 0.0333. The van der Waals surface area contributed by atoms with Gasteiger partial charge in [0.15, 0.2) is 5.82 Å². The molecule has 5 nitrogen and oxygen atoms in total. The quantitative estimate of drug-likeness (QED) is 0.488. The summed E-state index contributed by atoms with van der Waals surface area (Å²) < 4.78 is 42.9. The molecule has 0 bridgehead atoms. The first kappa shape index (κ1) is 19.0. The highest BCUT2D eigenvalue weighted by molar-refractivity contribution is 7.18. The van der Waals surface area contributed by atoms with E-state index >= 15 is 0 Å². The fourth-order valence-corrected chi connectivity index (χ4v) is 3.36. The highest BCUT2D eigenvalue weighted by Gasteiger charge is 2.38. The van der Waals surface area contributed by atoms with Crippen molar-refractivity contribution in [2.45, 2.75) is 26.2 Å². The largest absolute Gasteiger partial charge is 0.387 e. The van der Waals surface area contributed by atoms with E-state index in [1.54, 1.807) is 13.0 Å². The molecule has 0 atom stereocenters. The van der Waals surface area contributed by atoms with Crippen LogP contribution in [0.3, 0.4) is 0 Å². The van der Waals surface area contributed by atoms with Crippen LogP contribution >= 0.6 is 11.3 Å². The molecule has 0 aliphatic carbocycles. The van der Waals surface area contributed by atoms with E-state index in [-0.39, 0.29) is 18.1 Å². The predicted molar refractivity (Wildman–Crippen MR) is 101 cm³/mol. The van der Waals surface area contributed by atoms with Crippen LogP contribution in [-0.4, -0.2) is 21.5 Å². The van der Waals surface area contributed by atoms with Gasteiger partial charge in [0.2, 0.25) is 5.82 Å². The van der Waals surface area contributed by atoms with Crippen molar-refractivity contribution in [2.75, 3.05) is 0 Å². The van der Waals surface area contributed by atoms with Crippen molar-refractivity contribution in [2.24, 2.45) is 10.7 Å². The molecular weight excluding hydrogens is 375 g/mol. The number of nitrogens with zero attached hydrogens (tertiary/aromatic N) is 3. The van der Waals surface area contributed by atoms with Crippen LogP contribution in [-0.2, 0) is 5.92 Å². The fraction of sp³-hybridized carbons (Fsp3) is 0.222. The van der Waals surface area contributed by atoms with Crippen molar-refractivity contribution in [1.82, 2.24) is 9.97 Å². The molecule has 0 saturated carbocycles. The number of aryl methyl sites for hydroxylation is 1. The molecule has 3 aromatic rings. The lowest BCUT2D eigenvalue weighted by atomic mass is 10.1. The molecule has 2 heterocycles. The van der Waals surface area contributed by atoms with E-state index in [1.165, 1.54) is 11.3 Å². The van der Waals surface area contributed by atoms with Crippen molar-refractivity contribution < 1.29 is 13.2 Å². The molecule has 3 N–H and O–H groups in total. The van der Waals surface area contributed by atoms with Gasteiger partial charge in [-0.3, -0.25) is 0 Å². The van der Waals surface area contributed by atoms with Crippen LogP contribution in [0.1, 0.15) is 29.6 Å². The minimum Gasteiger partial charge on any atom is -0.387 e.